The zero-order valence-electron chi connectivity index (χ0n) is 3.98. The average molecular weight is 166 g/mol. The van der Waals surface area contributed by atoms with Crippen molar-refractivity contribution in [2.75, 3.05) is 0 Å². The van der Waals surface area contributed by atoms with E-state index in [0.29, 0.717) is 21.0 Å². The normalized spacial score (nSPS) is 5.50. The molecule has 0 saturated heterocycles. The predicted octanol–water partition coefficient (Wildman–Crippen LogP) is 1.50. The number of rotatable bonds is 1. The number of hydrogen-bond acceptors (Lipinski definition) is 1. The molecular weight excluding hydrogens is 157 g/mol. The summed E-state index contributed by atoms with van der Waals surface area (Å²) in [5, 5.41) is 0. The summed E-state index contributed by atoms with van der Waals surface area (Å²) in [6.07, 6.45) is 2.28. The van der Waals surface area contributed by atoms with Gasteiger partial charge in [0.2, 0.25) is 0 Å². The third kappa shape index (κ3) is 24.0. The van der Waals surface area contributed by atoms with Crippen molar-refractivity contribution < 1.29 is 24.3 Å². The van der Waals surface area contributed by atoms with E-state index in [4.69, 9.17) is 3.25 Å². The van der Waals surface area contributed by atoms with Gasteiger partial charge in [0.15, 0.2) is 0 Å². The Balaban J connectivity index is 0. The minimum absolute atomic E-state index is 0.500. The van der Waals surface area contributed by atoms with Crippen molar-refractivity contribution in [3.63, 3.8) is 0 Å². The van der Waals surface area contributed by atoms with Gasteiger partial charge in [-0.3, -0.25) is 0 Å². The summed E-state index contributed by atoms with van der Waals surface area (Å²) in [6.45, 7) is 5.72. The molecule has 2 heteroatoms. The van der Waals surface area contributed by atoms with Crippen molar-refractivity contribution >= 4 is 0 Å². The van der Waals surface area contributed by atoms with Gasteiger partial charge in [-0.15, -0.1) is 0 Å². The van der Waals surface area contributed by atoms with Crippen LogP contribution in [0.25, 0.3) is 0 Å². The fourth-order valence-electron chi connectivity index (χ4n) is 0. The Labute approximate surface area is 51.4 Å². The van der Waals surface area contributed by atoms with Crippen molar-refractivity contribution in [2.45, 2.75) is 19.8 Å². The van der Waals surface area contributed by atoms with Crippen LogP contribution in [-0.2, 0) is 24.3 Å². The van der Waals surface area contributed by atoms with Gasteiger partial charge in [-0.25, -0.2) is 0 Å². The Hall–Kier alpha value is 0.540. The second kappa shape index (κ2) is 17.7. The van der Waals surface area contributed by atoms with E-state index < -0.39 is 0 Å². The van der Waals surface area contributed by atoms with Gasteiger partial charge in [-0.1, -0.05) is 13.3 Å². The fourth-order valence-corrected chi connectivity index (χ4v) is 0. The second-order valence-electron chi connectivity index (χ2n) is 0.854. The summed E-state index contributed by atoms with van der Waals surface area (Å²) in [5.74, 6) is 0. The second-order valence-corrected chi connectivity index (χ2v) is 0.854. The molecule has 6 heavy (non-hydrogen) atoms. The molecule has 0 rings (SSSR count). The molecule has 0 aromatic heterocycles. The molecule has 0 bridgehead atoms. The molecular formula is C4H9NbO-. The Morgan fingerprint density at radius 3 is 1.83 bits per heavy atom. The molecule has 0 amide bonds. The molecule has 0 aromatic carbocycles. The van der Waals surface area contributed by atoms with Crippen LogP contribution in [0.15, 0.2) is 0 Å². The number of unbranched alkanes of at least 4 members (excludes halogenated alkanes) is 1. The topological polar surface area (TPSA) is 17.1 Å². The van der Waals surface area contributed by atoms with Gasteiger partial charge in [-0.05, 0) is 0 Å². The molecule has 0 aliphatic rings. The van der Waals surface area contributed by atoms with Gasteiger partial charge >= 0.3 is 24.3 Å². The summed E-state index contributed by atoms with van der Waals surface area (Å²) < 4.78 is 8.30. The van der Waals surface area contributed by atoms with Crippen LogP contribution in [0.3, 0.4) is 0 Å². The van der Waals surface area contributed by atoms with E-state index in [1.807, 2.05) is 0 Å². The minimum atomic E-state index is 0.500. The van der Waals surface area contributed by atoms with Crippen LogP contribution in [0.4, 0.5) is 0 Å². The summed E-state index contributed by atoms with van der Waals surface area (Å²) in [4.78, 5) is 0. The maximum absolute atomic E-state index is 8.30. The molecule has 0 aliphatic carbocycles. The van der Waals surface area contributed by atoms with Gasteiger partial charge in [0.05, 0.1) is 0 Å². The van der Waals surface area contributed by atoms with Crippen LogP contribution >= 0.6 is 0 Å². The first-order chi connectivity index (χ1) is 2.91. The van der Waals surface area contributed by atoms with Gasteiger partial charge < -0.3 is 6.92 Å². The van der Waals surface area contributed by atoms with Crippen LogP contribution in [0.5, 0.6) is 0 Å². The van der Waals surface area contributed by atoms with Crippen molar-refractivity contribution in [1.29, 1.82) is 0 Å². The first kappa shape index (κ1) is 9.74. The van der Waals surface area contributed by atoms with Crippen LogP contribution in [0, 0.1) is 6.92 Å². The van der Waals surface area contributed by atoms with Gasteiger partial charge in [0.25, 0.3) is 0 Å². The fraction of sp³-hybridized carbons (Fsp3) is 0.750. The number of hydrogen-bond donors (Lipinski definition) is 0. The van der Waals surface area contributed by atoms with E-state index in [1.165, 1.54) is 6.42 Å². The zero-order chi connectivity index (χ0) is 5.41. The maximum atomic E-state index is 8.30. The third-order valence-corrected chi connectivity index (χ3v) is 0.354. The van der Waals surface area contributed by atoms with Crippen LogP contribution < -0.4 is 0 Å². The molecule has 0 aromatic rings. The van der Waals surface area contributed by atoms with E-state index in [2.05, 4.69) is 13.8 Å². The molecule has 1 nitrogen and oxygen atoms in total. The monoisotopic (exact) mass is 166 g/mol. The zero-order valence-corrected chi connectivity index (χ0v) is 6.18. The van der Waals surface area contributed by atoms with Gasteiger partial charge in [0, 0.05) is 0 Å². The quantitative estimate of drug-likeness (QED) is 0.426. The van der Waals surface area contributed by atoms with E-state index in [0.717, 1.165) is 6.42 Å². The van der Waals surface area contributed by atoms with Crippen LogP contribution in [-0.4, -0.2) is 0 Å². The average Bonchev–Trinajstić information content (AvgIpc) is 1.72. The molecule has 37 valence electrons. The Morgan fingerprint density at radius 1 is 1.67 bits per heavy atom. The standard InChI is InChI=1S/C4H9.Nb.O/c1-3-4-2;;/h1,3-4H2,2H3;;/q-1;;. The molecule has 0 aliphatic heterocycles. The van der Waals surface area contributed by atoms with Gasteiger partial charge in [-0.2, -0.15) is 6.42 Å². The van der Waals surface area contributed by atoms with Gasteiger partial charge in [0.1, 0.15) is 0 Å². The SMILES string of the molecule is [CH2-]CCC.[O]=[Nb]. The van der Waals surface area contributed by atoms with Crippen molar-refractivity contribution in [2.24, 2.45) is 0 Å². The van der Waals surface area contributed by atoms with Crippen molar-refractivity contribution in [3.05, 3.63) is 6.92 Å². The molecule has 0 fully saturated rings. The van der Waals surface area contributed by atoms with E-state index in [9.17, 15) is 0 Å². The molecule has 0 radical (unpaired) electrons. The van der Waals surface area contributed by atoms with Crippen molar-refractivity contribution in [1.82, 2.24) is 0 Å². The molecule has 0 spiro atoms. The first-order valence-electron chi connectivity index (χ1n) is 1.89. The summed E-state index contributed by atoms with van der Waals surface area (Å²) in [7, 11) is 0. The molecule has 0 saturated carbocycles. The molecule has 0 unspecified atom stereocenters. The van der Waals surface area contributed by atoms with Crippen molar-refractivity contribution in [3.8, 4) is 0 Å². The first-order valence-corrected chi connectivity index (χ1v) is 2.79. The van der Waals surface area contributed by atoms with E-state index >= 15 is 0 Å². The Morgan fingerprint density at radius 2 is 1.83 bits per heavy atom. The van der Waals surface area contributed by atoms with E-state index in [1.54, 1.807) is 0 Å². The Kier molecular flexibility index (Phi) is 28.7. The van der Waals surface area contributed by atoms with Crippen LogP contribution in [0.2, 0.25) is 0 Å². The van der Waals surface area contributed by atoms with E-state index in [-0.39, 0.29) is 0 Å². The summed E-state index contributed by atoms with van der Waals surface area (Å²) in [5.41, 5.74) is 0. The molecule has 0 N–H and O–H groups in total. The molecule has 0 atom stereocenters. The summed E-state index contributed by atoms with van der Waals surface area (Å²) in [6, 6.07) is 0. The third-order valence-electron chi connectivity index (χ3n) is 0.354. The van der Waals surface area contributed by atoms with Crippen LogP contribution in [0.1, 0.15) is 19.8 Å². The molecule has 0 heterocycles. The Bertz CT molecular complexity index is 15.0. The predicted molar refractivity (Wildman–Crippen MR) is 21.0 cm³/mol. The summed E-state index contributed by atoms with van der Waals surface area (Å²) >= 11 is 0.500.